The molecule has 16 heavy (non-hydrogen) atoms. The number of rotatable bonds is 3. The van der Waals surface area contributed by atoms with E-state index in [2.05, 4.69) is 15.3 Å². The van der Waals surface area contributed by atoms with Crippen molar-refractivity contribution in [1.29, 1.82) is 0 Å². The highest BCUT2D eigenvalue weighted by molar-refractivity contribution is 6.29. The lowest BCUT2D eigenvalue weighted by molar-refractivity contribution is 0.0166. The van der Waals surface area contributed by atoms with E-state index in [1.54, 1.807) is 6.20 Å². The molecule has 1 aliphatic carbocycles. The molecule has 0 aromatic carbocycles. The zero-order chi connectivity index (χ0) is 11.4. The van der Waals surface area contributed by atoms with Crippen LogP contribution in [0.2, 0.25) is 5.15 Å². The SMILES string of the molecule is OC1(CNc2cncc(Cl)n2)CCCCC1. The Labute approximate surface area is 100 Å². The van der Waals surface area contributed by atoms with E-state index in [-0.39, 0.29) is 0 Å². The summed E-state index contributed by atoms with van der Waals surface area (Å²) in [5.41, 5.74) is -0.595. The summed E-state index contributed by atoms with van der Waals surface area (Å²) < 4.78 is 0. The van der Waals surface area contributed by atoms with Crippen LogP contribution >= 0.6 is 11.6 Å². The summed E-state index contributed by atoms with van der Waals surface area (Å²) in [4.78, 5) is 8.00. The highest BCUT2D eigenvalue weighted by Crippen LogP contribution is 2.28. The largest absolute Gasteiger partial charge is 0.388 e. The second-order valence-electron chi connectivity index (χ2n) is 4.37. The van der Waals surface area contributed by atoms with Gasteiger partial charge < -0.3 is 10.4 Å². The Morgan fingerprint density at radius 3 is 2.75 bits per heavy atom. The average Bonchev–Trinajstić information content (AvgIpc) is 2.28. The fourth-order valence-corrected chi connectivity index (χ4v) is 2.22. The molecule has 5 heteroatoms. The molecule has 4 nitrogen and oxygen atoms in total. The van der Waals surface area contributed by atoms with Crippen molar-refractivity contribution < 1.29 is 5.11 Å². The van der Waals surface area contributed by atoms with Crippen LogP contribution in [-0.4, -0.2) is 27.2 Å². The Kier molecular flexibility index (Phi) is 3.61. The van der Waals surface area contributed by atoms with Crippen LogP contribution in [-0.2, 0) is 0 Å². The van der Waals surface area contributed by atoms with Crippen molar-refractivity contribution in [2.45, 2.75) is 37.7 Å². The average molecular weight is 242 g/mol. The van der Waals surface area contributed by atoms with E-state index in [0.29, 0.717) is 17.5 Å². The molecule has 0 atom stereocenters. The molecule has 1 saturated carbocycles. The van der Waals surface area contributed by atoms with Crippen LogP contribution in [0.1, 0.15) is 32.1 Å². The van der Waals surface area contributed by atoms with Gasteiger partial charge in [-0.1, -0.05) is 30.9 Å². The molecule has 0 amide bonds. The molecule has 2 N–H and O–H groups in total. The Morgan fingerprint density at radius 1 is 1.31 bits per heavy atom. The summed E-state index contributed by atoms with van der Waals surface area (Å²) in [5, 5.41) is 13.7. The second kappa shape index (κ2) is 4.97. The predicted octanol–water partition coefficient (Wildman–Crippen LogP) is 2.24. The van der Waals surface area contributed by atoms with E-state index >= 15 is 0 Å². The summed E-state index contributed by atoms with van der Waals surface area (Å²) in [6, 6.07) is 0. The lowest BCUT2D eigenvalue weighted by Crippen LogP contribution is -2.38. The standard InChI is InChI=1S/C11H16ClN3O/c12-9-6-13-7-10(15-9)14-8-11(16)4-2-1-3-5-11/h6-7,16H,1-5,8H2,(H,14,15). The number of aromatic nitrogens is 2. The third-order valence-electron chi connectivity index (χ3n) is 2.99. The van der Waals surface area contributed by atoms with Crippen molar-refractivity contribution >= 4 is 17.4 Å². The minimum absolute atomic E-state index is 0.362. The highest BCUT2D eigenvalue weighted by Gasteiger charge is 2.28. The molecule has 0 bridgehead atoms. The van der Waals surface area contributed by atoms with Gasteiger partial charge in [0.25, 0.3) is 0 Å². The number of hydrogen-bond acceptors (Lipinski definition) is 4. The van der Waals surface area contributed by atoms with Gasteiger partial charge in [0, 0.05) is 6.54 Å². The first-order valence-corrected chi connectivity index (χ1v) is 6.00. The quantitative estimate of drug-likeness (QED) is 0.852. The molecule has 1 aliphatic rings. The maximum absolute atomic E-state index is 10.3. The van der Waals surface area contributed by atoms with Gasteiger partial charge in [0.15, 0.2) is 0 Å². The van der Waals surface area contributed by atoms with Crippen LogP contribution in [0, 0.1) is 0 Å². The van der Waals surface area contributed by atoms with Gasteiger partial charge >= 0.3 is 0 Å². The molecule has 1 fully saturated rings. The molecule has 0 unspecified atom stereocenters. The molecule has 1 heterocycles. The van der Waals surface area contributed by atoms with Crippen molar-refractivity contribution in [3.05, 3.63) is 17.5 Å². The monoisotopic (exact) mass is 241 g/mol. The third-order valence-corrected chi connectivity index (χ3v) is 3.17. The van der Waals surface area contributed by atoms with Crippen molar-refractivity contribution in [2.24, 2.45) is 0 Å². The van der Waals surface area contributed by atoms with E-state index in [1.807, 2.05) is 0 Å². The zero-order valence-corrected chi connectivity index (χ0v) is 9.87. The van der Waals surface area contributed by atoms with E-state index in [9.17, 15) is 5.11 Å². The van der Waals surface area contributed by atoms with E-state index in [4.69, 9.17) is 11.6 Å². The molecular formula is C11H16ClN3O. The van der Waals surface area contributed by atoms with Gasteiger partial charge in [-0.3, -0.25) is 4.98 Å². The first-order valence-electron chi connectivity index (χ1n) is 5.62. The summed E-state index contributed by atoms with van der Waals surface area (Å²) >= 11 is 5.72. The highest BCUT2D eigenvalue weighted by atomic mass is 35.5. The summed E-state index contributed by atoms with van der Waals surface area (Å²) in [6.45, 7) is 0.516. The van der Waals surface area contributed by atoms with Crippen molar-refractivity contribution in [2.75, 3.05) is 11.9 Å². The van der Waals surface area contributed by atoms with Gasteiger partial charge in [-0.05, 0) is 12.8 Å². The van der Waals surface area contributed by atoms with E-state index in [0.717, 1.165) is 25.7 Å². The molecule has 0 spiro atoms. The van der Waals surface area contributed by atoms with Gasteiger partial charge in [0.05, 0.1) is 18.0 Å². The van der Waals surface area contributed by atoms with Gasteiger partial charge in [0.2, 0.25) is 0 Å². The molecule has 1 aromatic heterocycles. The van der Waals surface area contributed by atoms with Gasteiger partial charge in [-0.25, -0.2) is 4.98 Å². The lowest BCUT2D eigenvalue weighted by atomic mass is 9.85. The number of anilines is 1. The van der Waals surface area contributed by atoms with Crippen LogP contribution in [0.5, 0.6) is 0 Å². The molecule has 0 saturated heterocycles. The molecule has 1 aromatic rings. The van der Waals surface area contributed by atoms with Crippen LogP contribution in [0.4, 0.5) is 5.82 Å². The first-order chi connectivity index (χ1) is 7.68. The van der Waals surface area contributed by atoms with Gasteiger partial charge in [-0.15, -0.1) is 0 Å². The Bertz CT molecular complexity index is 353. The van der Waals surface area contributed by atoms with Gasteiger partial charge in [0.1, 0.15) is 11.0 Å². The number of hydrogen-bond donors (Lipinski definition) is 2. The summed E-state index contributed by atoms with van der Waals surface area (Å²) in [5.74, 6) is 0.617. The Morgan fingerprint density at radius 2 is 2.06 bits per heavy atom. The normalized spacial score (nSPS) is 19.4. The Balaban J connectivity index is 1.91. The fraction of sp³-hybridized carbons (Fsp3) is 0.636. The minimum Gasteiger partial charge on any atom is -0.388 e. The van der Waals surface area contributed by atoms with Crippen LogP contribution in [0.25, 0.3) is 0 Å². The molecule has 0 aliphatic heterocycles. The predicted molar refractivity (Wildman–Crippen MR) is 63.6 cm³/mol. The number of halogens is 1. The van der Waals surface area contributed by atoms with Crippen LogP contribution in [0.15, 0.2) is 12.4 Å². The van der Waals surface area contributed by atoms with E-state index < -0.39 is 5.60 Å². The van der Waals surface area contributed by atoms with Crippen molar-refractivity contribution in [3.8, 4) is 0 Å². The van der Waals surface area contributed by atoms with Crippen molar-refractivity contribution in [3.63, 3.8) is 0 Å². The van der Waals surface area contributed by atoms with Crippen LogP contribution < -0.4 is 5.32 Å². The molecule has 88 valence electrons. The second-order valence-corrected chi connectivity index (χ2v) is 4.75. The Hall–Kier alpha value is -0.870. The van der Waals surface area contributed by atoms with Gasteiger partial charge in [-0.2, -0.15) is 0 Å². The number of nitrogens with one attached hydrogen (secondary N) is 1. The minimum atomic E-state index is -0.595. The molecule has 0 radical (unpaired) electrons. The first kappa shape index (κ1) is 11.6. The van der Waals surface area contributed by atoms with Crippen molar-refractivity contribution in [1.82, 2.24) is 9.97 Å². The number of nitrogens with zero attached hydrogens (tertiary/aromatic N) is 2. The summed E-state index contributed by atoms with van der Waals surface area (Å²) in [7, 11) is 0. The molecular weight excluding hydrogens is 226 g/mol. The molecule has 2 rings (SSSR count). The maximum atomic E-state index is 10.3. The van der Waals surface area contributed by atoms with E-state index in [1.165, 1.54) is 12.6 Å². The smallest absolute Gasteiger partial charge is 0.149 e. The number of aliphatic hydroxyl groups is 1. The van der Waals surface area contributed by atoms with Crippen LogP contribution in [0.3, 0.4) is 0 Å². The maximum Gasteiger partial charge on any atom is 0.149 e. The zero-order valence-electron chi connectivity index (χ0n) is 9.12. The summed E-state index contributed by atoms with van der Waals surface area (Å²) in [6.07, 6.45) is 8.22. The third kappa shape index (κ3) is 3.06. The topological polar surface area (TPSA) is 58.0 Å². The lowest BCUT2D eigenvalue weighted by Gasteiger charge is -2.32. The fourth-order valence-electron chi connectivity index (χ4n) is 2.07.